The Morgan fingerprint density at radius 1 is 1.25 bits per heavy atom. The molecule has 128 valence electrons. The van der Waals surface area contributed by atoms with Crippen molar-refractivity contribution < 1.29 is 14.6 Å². The maximum Gasteiger partial charge on any atom is 0.138 e. The number of rotatable bonds is 5. The van der Waals surface area contributed by atoms with Crippen molar-refractivity contribution >= 4 is 23.2 Å². The normalized spacial score (nSPS) is 19.9. The van der Waals surface area contributed by atoms with Gasteiger partial charge < -0.3 is 20.3 Å². The summed E-state index contributed by atoms with van der Waals surface area (Å²) in [7, 11) is 0. The zero-order valence-corrected chi connectivity index (χ0v) is 14.4. The van der Waals surface area contributed by atoms with Gasteiger partial charge in [-0.1, -0.05) is 29.3 Å². The van der Waals surface area contributed by atoms with Crippen LogP contribution in [0.5, 0.6) is 5.75 Å². The van der Waals surface area contributed by atoms with Gasteiger partial charge in [-0.15, -0.1) is 0 Å². The molecule has 1 aromatic carbocycles. The highest BCUT2D eigenvalue weighted by Crippen LogP contribution is 2.30. The lowest BCUT2D eigenvalue weighted by molar-refractivity contribution is 0.137. The van der Waals surface area contributed by atoms with E-state index < -0.39 is 12.1 Å². The fourth-order valence-electron chi connectivity index (χ4n) is 2.52. The summed E-state index contributed by atoms with van der Waals surface area (Å²) in [6, 6.07) is 7.84. The number of aromatic nitrogens is 1. The van der Waals surface area contributed by atoms with Crippen LogP contribution in [-0.4, -0.2) is 29.4 Å². The highest BCUT2D eigenvalue weighted by molar-refractivity contribution is 6.42. The van der Waals surface area contributed by atoms with Crippen molar-refractivity contribution in [3.63, 3.8) is 0 Å². The van der Waals surface area contributed by atoms with Crippen LogP contribution in [0.1, 0.15) is 29.8 Å². The Labute approximate surface area is 150 Å². The van der Waals surface area contributed by atoms with Gasteiger partial charge in [0.1, 0.15) is 18.0 Å². The molecule has 24 heavy (non-hydrogen) atoms. The Kier molecular flexibility index (Phi) is 5.58. The number of halogens is 2. The summed E-state index contributed by atoms with van der Waals surface area (Å²) in [4.78, 5) is 4.25. The van der Waals surface area contributed by atoms with Gasteiger partial charge in [-0.3, -0.25) is 4.98 Å². The predicted octanol–water partition coefficient (Wildman–Crippen LogP) is 3.29. The largest absolute Gasteiger partial charge is 0.486 e. The third-order valence-corrected chi connectivity index (χ3v) is 4.66. The SMILES string of the molecule is N[C@@H](c1ccc(Cl)c(Cl)c1)[C@H](O)c1ccc(OC2CCOC2)cn1. The molecular formula is C17H18Cl2N2O3. The van der Waals surface area contributed by atoms with E-state index in [0.717, 1.165) is 6.42 Å². The number of benzene rings is 1. The lowest BCUT2D eigenvalue weighted by atomic mass is 10.00. The molecule has 1 fully saturated rings. The van der Waals surface area contributed by atoms with Crippen molar-refractivity contribution in [2.24, 2.45) is 5.73 Å². The van der Waals surface area contributed by atoms with E-state index in [1.165, 1.54) is 0 Å². The molecule has 0 saturated carbocycles. The summed E-state index contributed by atoms with van der Waals surface area (Å²) in [6.07, 6.45) is 1.54. The molecule has 0 bridgehead atoms. The molecule has 3 atom stereocenters. The van der Waals surface area contributed by atoms with E-state index in [9.17, 15) is 5.11 Å². The number of hydrogen-bond acceptors (Lipinski definition) is 5. The third-order valence-electron chi connectivity index (χ3n) is 3.92. The summed E-state index contributed by atoms with van der Waals surface area (Å²) >= 11 is 11.9. The number of nitrogens with zero attached hydrogens (tertiary/aromatic N) is 1. The van der Waals surface area contributed by atoms with E-state index in [2.05, 4.69) is 4.98 Å². The van der Waals surface area contributed by atoms with Gasteiger partial charge >= 0.3 is 0 Å². The topological polar surface area (TPSA) is 77.6 Å². The van der Waals surface area contributed by atoms with Crippen LogP contribution in [0, 0.1) is 0 Å². The van der Waals surface area contributed by atoms with Crippen LogP contribution >= 0.6 is 23.2 Å². The summed E-state index contributed by atoms with van der Waals surface area (Å²) in [5, 5.41) is 11.3. The quantitative estimate of drug-likeness (QED) is 0.846. The lowest BCUT2D eigenvalue weighted by Crippen LogP contribution is -2.20. The van der Waals surface area contributed by atoms with Crippen molar-refractivity contribution in [3.05, 3.63) is 57.8 Å². The second-order valence-electron chi connectivity index (χ2n) is 5.67. The van der Waals surface area contributed by atoms with Crippen LogP contribution in [-0.2, 0) is 4.74 Å². The van der Waals surface area contributed by atoms with Crippen molar-refractivity contribution in [2.45, 2.75) is 24.7 Å². The molecular weight excluding hydrogens is 351 g/mol. The maximum atomic E-state index is 10.5. The Hall–Kier alpha value is -1.37. The van der Waals surface area contributed by atoms with Crippen LogP contribution in [0.15, 0.2) is 36.5 Å². The van der Waals surface area contributed by atoms with E-state index in [-0.39, 0.29) is 6.10 Å². The van der Waals surface area contributed by atoms with E-state index in [1.54, 1.807) is 36.5 Å². The molecule has 5 nitrogen and oxygen atoms in total. The lowest BCUT2D eigenvalue weighted by Gasteiger charge is -2.20. The molecule has 1 aliphatic rings. The second kappa shape index (κ2) is 7.68. The Morgan fingerprint density at radius 2 is 2.08 bits per heavy atom. The van der Waals surface area contributed by atoms with Gasteiger partial charge in [-0.05, 0) is 29.8 Å². The Morgan fingerprint density at radius 3 is 2.71 bits per heavy atom. The molecule has 0 amide bonds. The molecule has 0 radical (unpaired) electrons. The van der Waals surface area contributed by atoms with Gasteiger partial charge in [-0.2, -0.15) is 0 Å². The van der Waals surface area contributed by atoms with Crippen LogP contribution in [0.25, 0.3) is 0 Å². The van der Waals surface area contributed by atoms with E-state index in [1.807, 2.05) is 0 Å². The molecule has 1 aliphatic heterocycles. The first-order valence-corrected chi connectivity index (χ1v) is 8.39. The monoisotopic (exact) mass is 368 g/mol. The smallest absolute Gasteiger partial charge is 0.138 e. The van der Waals surface area contributed by atoms with Gasteiger partial charge in [-0.25, -0.2) is 0 Å². The second-order valence-corrected chi connectivity index (χ2v) is 6.48. The number of ether oxygens (including phenoxy) is 2. The highest BCUT2D eigenvalue weighted by Gasteiger charge is 2.22. The van der Waals surface area contributed by atoms with Crippen molar-refractivity contribution in [1.82, 2.24) is 4.98 Å². The number of aliphatic hydroxyl groups is 1. The molecule has 1 unspecified atom stereocenters. The minimum absolute atomic E-state index is 0.0565. The molecule has 0 spiro atoms. The predicted molar refractivity (Wildman–Crippen MR) is 92.4 cm³/mol. The number of nitrogens with two attached hydrogens (primary N) is 1. The highest BCUT2D eigenvalue weighted by atomic mass is 35.5. The average Bonchev–Trinajstić information content (AvgIpc) is 3.10. The number of pyridine rings is 1. The van der Waals surface area contributed by atoms with E-state index >= 15 is 0 Å². The summed E-state index contributed by atoms with van der Waals surface area (Å²) in [5.74, 6) is 0.643. The van der Waals surface area contributed by atoms with Gasteiger partial charge in [0, 0.05) is 6.42 Å². The van der Waals surface area contributed by atoms with Gasteiger partial charge in [0.25, 0.3) is 0 Å². The van der Waals surface area contributed by atoms with Crippen molar-refractivity contribution in [3.8, 4) is 5.75 Å². The molecule has 7 heteroatoms. The van der Waals surface area contributed by atoms with Gasteiger partial charge in [0.2, 0.25) is 0 Å². The van der Waals surface area contributed by atoms with Gasteiger partial charge in [0.15, 0.2) is 0 Å². The molecule has 2 heterocycles. The first-order valence-electron chi connectivity index (χ1n) is 7.63. The number of hydrogen-bond donors (Lipinski definition) is 2. The Balaban J connectivity index is 1.69. The van der Waals surface area contributed by atoms with E-state index in [4.69, 9.17) is 38.4 Å². The summed E-state index contributed by atoms with van der Waals surface area (Å²) < 4.78 is 11.0. The minimum atomic E-state index is -0.967. The zero-order chi connectivity index (χ0) is 17.1. The van der Waals surface area contributed by atoms with E-state index in [0.29, 0.717) is 40.3 Å². The van der Waals surface area contributed by atoms with Crippen LogP contribution in [0.2, 0.25) is 10.0 Å². The Bertz CT molecular complexity index is 691. The summed E-state index contributed by atoms with van der Waals surface area (Å²) in [5.41, 5.74) is 7.26. The van der Waals surface area contributed by atoms with Crippen molar-refractivity contribution in [1.29, 1.82) is 0 Å². The van der Waals surface area contributed by atoms with Crippen LogP contribution < -0.4 is 10.5 Å². The first kappa shape index (κ1) is 17.5. The van der Waals surface area contributed by atoms with Crippen LogP contribution in [0.4, 0.5) is 0 Å². The average molecular weight is 369 g/mol. The number of aliphatic hydroxyl groups excluding tert-OH is 1. The van der Waals surface area contributed by atoms with Crippen LogP contribution in [0.3, 0.4) is 0 Å². The molecule has 1 aromatic heterocycles. The molecule has 3 rings (SSSR count). The van der Waals surface area contributed by atoms with Gasteiger partial charge in [0.05, 0.1) is 41.2 Å². The first-order chi connectivity index (χ1) is 11.5. The molecule has 1 saturated heterocycles. The third kappa shape index (κ3) is 3.99. The fourth-order valence-corrected chi connectivity index (χ4v) is 2.83. The summed E-state index contributed by atoms with van der Waals surface area (Å²) in [6.45, 7) is 1.31. The standard InChI is InChI=1S/C17H18Cl2N2O3/c18-13-3-1-10(7-14(13)19)16(20)17(22)15-4-2-11(8-21-15)24-12-5-6-23-9-12/h1-4,7-8,12,16-17,22H,5-6,9,20H2/t12?,16-,17+/m0/s1. The molecule has 0 aliphatic carbocycles. The molecule has 2 aromatic rings. The fraction of sp³-hybridized carbons (Fsp3) is 0.353. The molecule has 3 N–H and O–H groups in total. The minimum Gasteiger partial charge on any atom is -0.486 e. The van der Waals surface area contributed by atoms with Crippen molar-refractivity contribution in [2.75, 3.05) is 13.2 Å². The maximum absolute atomic E-state index is 10.5. The zero-order valence-electron chi connectivity index (χ0n) is 12.9.